The predicted molar refractivity (Wildman–Crippen MR) is 117 cm³/mol. The summed E-state index contributed by atoms with van der Waals surface area (Å²) in [6.45, 7) is 7.86. The van der Waals surface area contributed by atoms with Gasteiger partial charge in [-0.05, 0) is 25.3 Å². The molecule has 1 aromatic carbocycles. The Labute approximate surface area is 189 Å². The molecule has 0 amide bonds. The van der Waals surface area contributed by atoms with Crippen molar-refractivity contribution in [3.63, 3.8) is 0 Å². The smallest absolute Gasteiger partial charge is 0.185 e. The summed E-state index contributed by atoms with van der Waals surface area (Å²) in [5.41, 5.74) is -0.0155. The average Bonchev–Trinajstić information content (AvgIpc) is 3.13. The highest BCUT2D eigenvalue weighted by Crippen LogP contribution is 2.64. The summed E-state index contributed by atoms with van der Waals surface area (Å²) in [5, 5.41) is 33.7. The fourth-order valence-corrected chi connectivity index (χ4v) is 7.00. The van der Waals surface area contributed by atoms with Crippen LogP contribution in [-0.2, 0) is 14.3 Å². The molecule has 32 heavy (non-hydrogen) atoms. The van der Waals surface area contributed by atoms with Gasteiger partial charge in [-0.15, -0.1) is 0 Å². The lowest BCUT2D eigenvalue weighted by atomic mass is 9.48. The zero-order valence-corrected chi connectivity index (χ0v) is 19.2. The molecule has 0 unspecified atom stereocenters. The molecule has 0 radical (unpaired) electrons. The topological polar surface area (TPSA) is 96.2 Å². The Morgan fingerprint density at radius 1 is 1.03 bits per heavy atom. The third kappa shape index (κ3) is 2.74. The van der Waals surface area contributed by atoms with Gasteiger partial charge in [-0.3, -0.25) is 4.79 Å². The summed E-state index contributed by atoms with van der Waals surface area (Å²) in [7, 11) is 0. The first-order valence-corrected chi connectivity index (χ1v) is 11.7. The van der Waals surface area contributed by atoms with Crippen LogP contribution in [0, 0.1) is 16.7 Å². The number of Topliss-reactive ketones (excluding diaryl/α,β-unsaturated/α-hetero) is 1. The van der Waals surface area contributed by atoms with Gasteiger partial charge in [-0.1, -0.05) is 56.7 Å². The Bertz CT molecular complexity index is 954. The molecule has 3 aliphatic carbocycles. The van der Waals surface area contributed by atoms with Gasteiger partial charge in [0.15, 0.2) is 6.29 Å². The van der Waals surface area contributed by atoms with E-state index in [-0.39, 0.29) is 18.6 Å². The number of ketones is 1. The van der Waals surface area contributed by atoms with E-state index in [2.05, 4.69) is 13.8 Å². The second-order valence-electron chi connectivity index (χ2n) is 10.9. The molecule has 3 fully saturated rings. The quantitative estimate of drug-likeness (QED) is 0.579. The lowest BCUT2D eigenvalue weighted by Gasteiger charge is -2.60. The predicted octanol–water partition coefficient (Wildman–Crippen LogP) is 3.06. The molecule has 1 spiro atoms. The van der Waals surface area contributed by atoms with E-state index in [0.717, 1.165) is 16.7 Å². The maximum absolute atomic E-state index is 13.5. The van der Waals surface area contributed by atoms with Crippen LogP contribution < -0.4 is 0 Å². The van der Waals surface area contributed by atoms with E-state index in [0.29, 0.717) is 12.8 Å². The van der Waals surface area contributed by atoms with Crippen LogP contribution in [0.15, 0.2) is 41.5 Å². The van der Waals surface area contributed by atoms with E-state index in [4.69, 9.17) is 9.47 Å². The van der Waals surface area contributed by atoms with Gasteiger partial charge in [0.05, 0.1) is 24.2 Å². The largest absolute Gasteiger partial charge is 0.392 e. The van der Waals surface area contributed by atoms with Gasteiger partial charge in [0.25, 0.3) is 0 Å². The number of benzene rings is 1. The zero-order valence-electron chi connectivity index (χ0n) is 19.2. The number of carbonyl (C=O) groups excluding carboxylic acids is 1. The van der Waals surface area contributed by atoms with Crippen molar-refractivity contribution in [3.8, 4) is 0 Å². The van der Waals surface area contributed by atoms with Crippen molar-refractivity contribution in [2.45, 2.75) is 89.7 Å². The van der Waals surface area contributed by atoms with Gasteiger partial charge in [0.2, 0.25) is 0 Å². The first-order chi connectivity index (χ1) is 15.0. The molecular formula is C26H34O6. The minimum Gasteiger partial charge on any atom is -0.392 e. The van der Waals surface area contributed by atoms with Crippen molar-refractivity contribution in [3.05, 3.63) is 47.0 Å². The Kier molecular flexibility index (Phi) is 5.01. The molecule has 1 saturated heterocycles. The Morgan fingerprint density at radius 2 is 1.72 bits per heavy atom. The number of aliphatic hydroxyl groups is 3. The first kappa shape index (κ1) is 22.2. The van der Waals surface area contributed by atoms with Crippen molar-refractivity contribution in [2.75, 3.05) is 0 Å². The van der Waals surface area contributed by atoms with Crippen molar-refractivity contribution in [1.82, 2.24) is 0 Å². The average molecular weight is 443 g/mol. The summed E-state index contributed by atoms with van der Waals surface area (Å²) in [6.07, 6.45) is -2.78. The Balaban J connectivity index is 1.75. The second kappa shape index (κ2) is 7.21. The summed E-state index contributed by atoms with van der Waals surface area (Å²) in [5.74, 6) is -0.750. The standard InChI is InChI=1S/C26H34O6/c1-14-16-12-20(30)25(4)19(29)11-10-17(27)21(25)22-26(13-18(14)28,24(16,2)3)32-23(31-22)15-8-6-5-7-9-15/h5-9,18-23,28-30H,10-13H2,1-4H3/t18-,19-,20-,21-,22-,23-,25-,26+/m0/s1. The van der Waals surface area contributed by atoms with Crippen LogP contribution in [-0.4, -0.2) is 51.1 Å². The molecule has 1 aromatic rings. The second-order valence-corrected chi connectivity index (χ2v) is 10.9. The number of carbonyl (C=O) groups is 1. The fraction of sp³-hybridized carbons (Fsp3) is 0.654. The molecule has 174 valence electrons. The van der Waals surface area contributed by atoms with E-state index in [9.17, 15) is 20.1 Å². The molecule has 2 saturated carbocycles. The van der Waals surface area contributed by atoms with E-state index in [1.165, 1.54) is 0 Å². The molecule has 3 N–H and O–H groups in total. The number of ether oxygens (including phenoxy) is 2. The molecule has 2 bridgehead atoms. The van der Waals surface area contributed by atoms with Gasteiger partial charge in [0, 0.05) is 29.2 Å². The molecule has 0 aromatic heterocycles. The highest BCUT2D eigenvalue weighted by molar-refractivity contribution is 5.84. The van der Waals surface area contributed by atoms with Crippen molar-refractivity contribution < 1.29 is 29.6 Å². The van der Waals surface area contributed by atoms with Gasteiger partial charge in [-0.25, -0.2) is 0 Å². The number of rotatable bonds is 1. The molecular weight excluding hydrogens is 408 g/mol. The maximum Gasteiger partial charge on any atom is 0.185 e. The van der Waals surface area contributed by atoms with Crippen molar-refractivity contribution in [2.24, 2.45) is 16.7 Å². The zero-order chi connectivity index (χ0) is 23.1. The molecule has 6 heteroatoms. The molecule has 1 heterocycles. The number of hydrogen-bond donors (Lipinski definition) is 3. The molecule has 5 rings (SSSR count). The van der Waals surface area contributed by atoms with Crippen LogP contribution in [0.25, 0.3) is 0 Å². The fourth-order valence-electron chi connectivity index (χ4n) is 7.00. The highest BCUT2D eigenvalue weighted by Gasteiger charge is 2.71. The van der Waals surface area contributed by atoms with Crippen LogP contribution in [0.4, 0.5) is 0 Å². The molecule has 6 nitrogen and oxygen atoms in total. The normalized spacial score (nSPS) is 45.7. The van der Waals surface area contributed by atoms with Crippen molar-refractivity contribution in [1.29, 1.82) is 0 Å². The number of hydrogen-bond acceptors (Lipinski definition) is 6. The van der Waals surface area contributed by atoms with Crippen LogP contribution >= 0.6 is 0 Å². The van der Waals surface area contributed by atoms with E-state index in [1.54, 1.807) is 0 Å². The number of aliphatic hydroxyl groups excluding tert-OH is 3. The third-order valence-electron chi connectivity index (χ3n) is 9.22. The highest BCUT2D eigenvalue weighted by atomic mass is 16.7. The monoisotopic (exact) mass is 442 g/mol. The van der Waals surface area contributed by atoms with Crippen LogP contribution in [0.3, 0.4) is 0 Å². The minimum atomic E-state index is -1.06. The Morgan fingerprint density at radius 3 is 2.41 bits per heavy atom. The van der Waals surface area contributed by atoms with Gasteiger partial charge < -0.3 is 24.8 Å². The maximum atomic E-state index is 13.5. The minimum absolute atomic E-state index is 0.0152. The van der Waals surface area contributed by atoms with E-state index >= 15 is 0 Å². The van der Waals surface area contributed by atoms with Gasteiger partial charge in [0.1, 0.15) is 17.5 Å². The SMILES string of the molecule is CC1=C2C[C@H](O)[C@]3(C)[C@@H](O)CCC(=O)[C@H]3[C@@H]3O[C@H](c4ccccc4)O[C@@]3(C[C@@H]1O)C2(C)C. The summed E-state index contributed by atoms with van der Waals surface area (Å²) in [6, 6.07) is 9.62. The van der Waals surface area contributed by atoms with Crippen LogP contribution in [0.5, 0.6) is 0 Å². The van der Waals surface area contributed by atoms with E-state index < -0.39 is 53.1 Å². The molecule has 1 aliphatic heterocycles. The first-order valence-electron chi connectivity index (χ1n) is 11.7. The number of fused-ring (bicyclic) bond motifs is 3. The third-order valence-corrected chi connectivity index (χ3v) is 9.22. The molecule has 4 aliphatic rings. The lowest BCUT2D eigenvalue weighted by molar-refractivity contribution is -0.194. The van der Waals surface area contributed by atoms with Gasteiger partial charge >= 0.3 is 0 Å². The van der Waals surface area contributed by atoms with Crippen LogP contribution in [0.1, 0.15) is 65.2 Å². The van der Waals surface area contributed by atoms with Crippen LogP contribution in [0.2, 0.25) is 0 Å². The molecule has 8 atom stereocenters. The van der Waals surface area contributed by atoms with Crippen molar-refractivity contribution >= 4 is 5.78 Å². The summed E-state index contributed by atoms with van der Waals surface area (Å²) in [4.78, 5) is 13.5. The van der Waals surface area contributed by atoms with E-state index in [1.807, 2.05) is 44.2 Å². The van der Waals surface area contributed by atoms with Gasteiger partial charge in [-0.2, -0.15) is 0 Å². The lowest BCUT2D eigenvalue weighted by Crippen LogP contribution is -2.68. The summed E-state index contributed by atoms with van der Waals surface area (Å²) >= 11 is 0. The Hall–Kier alpha value is -1.57. The summed E-state index contributed by atoms with van der Waals surface area (Å²) < 4.78 is 13.3.